The zero-order valence-electron chi connectivity index (χ0n) is 16.1. The van der Waals surface area contributed by atoms with Crippen molar-refractivity contribution in [3.05, 3.63) is 29.8 Å². The van der Waals surface area contributed by atoms with Crippen molar-refractivity contribution >= 4 is 17.2 Å². The maximum atomic E-state index is 5.78. The number of rotatable bonds is 16. The van der Waals surface area contributed by atoms with E-state index in [0.717, 1.165) is 24.3 Å². The zero-order chi connectivity index (χ0) is 18.2. The number of unbranched alkanes of at least 4 members (excludes halogenated alkanes) is 12. The molecule has 2 nitrogen and oxygen atoms in total. The van der Waals surface area contributed by atoms with Gasteiger partial charge in [0.05, 0.1) is 6.61 Å². The van der Waals surface area contributed by atoms with Crippen molar-refractivity contribution in [2.45, 2.75) is 90.4 Å². The first kappa shape index (κ1) is 22.0. The van der Waals surface area contributed by atoms with Crippen LogP contribution in [0.2, 0.25) is 0 Å². The molecule has 25 heavy (non-hydrogen) atoms. The molecule has 0 spiro atoms. The fraction of sp³-hybridized carbons (Fsp3) is 0.682. The quantitative estimate of drug-likeness (QED) is 0.259. The highest BCUT2D eigenvalue weighted by Crippen LogP contribution is 2.15. The Hall–Kier alpha value is -1.09. The summed E-state index contributed by atoms with van der Waals surface area (Å²) in [5.41, 5.74) is 6.51. The zero-order valence-corrected chi connectivity index (χ0v) is 16.9. The standard InChI is InChI=1S/C22H37NOS/c1-2-3-4-5-6-7-8-9-10-11-12-13-14-18-24-21-17-15-16-20(19-21)22(23)25/h15-17,19H,2-14,18H2,1H3,(H2,23,25). The molecule has 1 rings (SSSR count). The van der Waals surface area contributed by atoms with E-state index < -0.39 is 0 Å². The van der Waals surface area contributed by atoms with Crippen LogP contribution in [0.4, 0.5) is 0 Å². The van der Waals surface area contributed by atoms with Gasteiger partial charge in [0.15, 0.2) is 0 Å². The molecule has 1 aromatic carbocycles. The van der Waals surface area contributed by atoms with Gasteiger partial charge >= 0.3 is 0 Å². The second-order valence-electron chi connectivity index (χ2n) is 6.98. The molecule has 0 aromatic heterocycles. The highest BCUT2D eigenvalue weighted by molar-refractivity contribution is 7.80. The number of benzene rings is 1. The Bertz CT molecular complexity index is 461. The molecule has 0 aliphatic heterocycles. The van der Waals surface area contributed by atoms with Crippen LogP contribution < -0.4 is 10.5 Å². The lowest BCUT2D eigenvalue weighted by Gasteiger charge is -2.07. The molecule has 0 radical (unpaired) electrons. The number of ether oxygens (including phenoxy) is 1. The van der Waals surface area contributed by atoms with Gasteiger partial charge < -0.3 is 10.5 Å². The monoisotopic (exact) mass is 363 g/mol. The molecule has 0 saturated heterocycles. The summed E-state index contributed by atoms with van der Waals surface area (Å²) in [6.07, 6.45) is 17.8. The topological polar surface area (TPSA) is 35.2 Å². The summed E-state index contributed by atoms with van der Waals surface area (Å²) in [6, 6.07) is 7.74. The van der Waals surface area contributed by atoms with Crippen molar-refractivity contribution in [1.82, 2.24) is 0 Å². The van der Waals surface area contributed by atoms with E-state index in [1.54, 1.807) is 0 Å². The Kier molecular flexibility index (Phi) is 13.3. The van der Waals surface area contributed by atoms with Crippen LogP contribution in [0.1, 0.15) is 96.0 Å². The molecule has 0 unspecified atom stereocenters. The van der Waals surface area contributed by atoms with Crippen molar-refractivity contribution in [3.63, 3.8) is 0 Å². The molecule has 0 bridgehead atoms. The fourth-order valence-corrected chi connectivity index (χ4v) is 3.18. The van der Waals surface area contributed by atoms with Gasteiger partial charge in [-0.25, -0.2) is 0 Å². The van der Waals surface area contributed by atoms with E-state index in [0.29, 0.717) is 4.99 Å². The van der Waals surface area contributed by atoms with Crippen molar-refractivity contribution in [2.24, 2.45) is 5.73 Å². The van der Waals surface area contributed by atoms with Crippen molar-refractivity contribution < 1.29 is 4.74 Å². The Morgan fingerprint density at radius 1 is 0.840 bits per heavy atom. The molecular weight excluding hydrogens is 326 g/mol. The molecule has 0 aliphatic carbocycles. The molecule has 0 amide bonds. The summed E-state index contributed by atoms with van der Waals surface area (Å²) in [4.78, 5) is 0.423. The molecular formula is C22H37NOS. The van der Waals surface area contributed by atoms with Crippen molar-refractivity contribution in [3.8, 4) is 5.75 Å². The van der Waals surface area contributed by atoms with Crippen LogP contribution in [0.15, 0.2) is 24.3 Å². The lowest BCUT2D eigenvalue weighted by Crippen LogP contribution is -2.09. The minimum absolute atomic E-state index is 0.423. The Labute approximate surface area is 160 Å². The first-order valence-electron chi connectivity index (χ1n) is 10.3. The van der Waals surface area contributed by atoms with Crippen LogP contribution in [0.3, 0.4) is 0 Å². The highest BCUT2D eigenvalue weighted by atomic mass is 32.1. The fourth-order valence-electron chi connectivity index (χ4n) is 3.05. The maximum Gasteiger partial charge on any atom is 0.119 e. The third-order valence-electron chi connectivity index (χ3n) is 4.64. The largest absolute Gasteiger partial charge is 0.494 e. The van der Waals surface area contributed by atoms with Gasteiger partial charge in [-0.15, -0.1) is 0 Å². The Morgan fingerprint density at radius 3 is 1.88 bits per heavy atom. The first-order chi connectivity index (χ1) is 12.2. The highest BCUT2D eigenvalue weighted by Gasteiger charge is 1.99. The van der Waals surface area contributed by atoms with Crippen molar-refractivity contribution in [1.29, 1.82) is 0 Å². The summed E-state index contributed by atoms with van der Waals surface area (Å²) in [6.45, 7) is 3.06. The summed E-state index contributed by atoms with van der Waals surface area (Å²) < 4.78 is 5.78. The first-order valence-corrected chi connectivity index (χ1v) is 10.7. The third kappa shape index (κ3) is 12.0. The molecule has 0 aliphatic rings. The Balaban J connectivity index is 1.87. The van der Waals surface area contributed by atoms with Gasteiger partial charge in [-0.05, 0) is 18.6 Å². The normalized spacial score (nSPS) is 10.8. The molecule has 3 heteroatoms. The van der Waals surface area contributed by atoms with Crippen molar-refractivity contribution in [2.75, 3.05) is 6.61 Å². The minimum atomic E-state index is 0.423. The van der Waals surface area contributed by atoms with E-state index in [9.17, 15) is 0 Å². The number of hydrogen-bond donors (Lipinski definition) is 1. The van der Waals surface area contributed by atoms with Gasteiger partial charge in [0.25, 0.3) is 0 Å². The van der Waals surface area contributed by atoms with E-state index in [1.165, 1.54) is 77.0 Å². The molecule has 0 saturated carbocycles. The average Bonchev–Trinajstić information content (AvgIpc) is 2.62. The van der Waals surface area contributed by atoms with Gasteiger partial charge in [0.1, 0.15) is 10.7 Å². The van der Waals surface area contributed by atoms with Gasteiger partial charge in [-0.1, -0.05) is 108 Å². The SMILES string of the molecule is CCCCCCCCCCCCCCCOc1cccc(C(N)=S)c1. The third-order valence-corrected chi connectivity index (χ3v) is 4.87. The van der Waals surface area contributed by atoms with E-state index in [4.69, 9.17) is 22.7 Å². The number of hydrogen-bond acceptors (Lipinski definition) is 2. The van der Waals surface area contributed by atoms with Crippen LogP contribution in [0.5, 0.6) is 5.75 Å². The smallest absolute Gasteiger partial charge is 0.119 e. The number of thiocarbonyl (C=S) groups is 1. The van der Waals surface area contributed by atoms with Crippen LogP contribution >= 0.6 is 12.2 Å². The van der Waals surface area contributed by atoms with Crippen LogP contribution in [0.25, 0.3) is 0 Å². The van der Waals surface area contributed by atoms with E-state index in [-0.39, 0.29) is 0 Å². The summed E-state index contributed by atoms with van der Waals surface area (Å²) in [5, 5.41) is 0. The average molecular weight is 364 g/mol. The molecule has 1 aromatic rings. The van der Waals surface area contributed by atoms with E-state index >= 15 is 0 Å². The lowest BCUT2D eigenvalue weighted by atomic mass is 10.0. The van der Waals surface area contributed by atoms with Gasteiger partial charge in [0, 0.05) is 5.56 Å². The van der Waals surface area contributed by atoms with E-state index in [1.807, 2.05) is 24.3 Å². The molecule has 0 fully saturated rings. The minimum Gasteiger partial charge on any atom is -0.494 e. The molecule has 0 atom stereocenters. The summed E-state index contributed by atoms with van der Waals surface area (Å²) >= 11 is 4.99. The van der Waals surface area contributed by atoms with Crippen LogP contribution in [-0.2, 0) is 0 Å². The lowest BCUT2D eigenvalue weighted by molar-refractivity contribution is 0.304. The maximum absolute atomic E-state index is 5.78. The van der Waals surface area contributed by atoms with Gasteiger partial charge in [0.2, 0.25) is 0 Å². The second kappa shape index (κ2) is 15.2. The summed E-state index contributed by atoms with van der Waals surface area (Å²) in [7, 11) is 0. The Morgan fingerprint density at radius 2 is 1.36 bits per heavy atom. The van der Waals surface area contributed by atoms with Crippen LogP contribution in [-0.4, -0.2) is 11.6 Å². The number of nitrogens with two attached hydrogens (primary N) is 1. The summed E-state index contributed by atoms with van der Waals surface area (Å²) in [5.74, 6) is 0.865. The molecule has 2 N–H and O–H groups in total. The van der Waals surface area contributed by atoms with Gasteiger partial charge in [-0.2, -0.15) is 0 Å². The second-order valence-corrected chi connectivity index (χ2v) is 7.42. The predicted molar refractivity (Wildman–Crippen MR) is 114 cm³/mol. The van der Waals surface area contributed by atoms with E-state index in [2.05, 4.69) is 6.92 Å². The van der Waals surface area contributed by atoms with Crippen LogP contribution in [0, 0.1) is 0 Å². The molecule has 0 heterocycles. The molecule has 142 valence electrons. The predicted octanol–water partition coefficient (Wildman–Crippen LogP) is 6.79. The van der Waals surface area contributed by atoms with Gasteiger partial charge in [-0.3, -0.25) is 0 Å².